The normalized spacial score (nSPS) is 12.1. The number of carbonyl (C=O) groups is 1. The van der Waals surface area contributed by atoms with Crippen molar-refractivity contribution in [2.75, 3.05) is 11.9 Å². The Morgan fingerprint density at radius 1 is 1.28 bits per heavy atom. The molecule has 0 fully saturated rings. The topological polar surface area (TPSA) is 76.3 Å². The van der Waals surface area contributed by atoms with Crippen LogP contribution in [0, 0.1) is 10.1 Å². The number of para-hydroxylation sites is 1. The van der Waals surface area contributed by atoms with Gasteiger partial charge in [-0.3, -0.25) is 14.9 Å². The lowest BCUT2D eigenvalue weighted by atomic mass is 10.3. The Balaban J connectivity index is 1.76. The molecule has 0 saturated carbocycles. The summed E-state index contributed by atoms with van der Waals surface area (Å²) in [6.45, 7) is 1.83. The van der Waals surface area contributed by atoms with Crippen LogP contribution in [-0.4, -0.2) is 28.1 Å². The smallest absolute Gasteiger partial charge is 0.270 e. The summed E-state index contributed by atoms with van der Waals surface area (Å²) in [7, 11) is 1.75. The molecule has 0 saturated heterocycles. The number of fused-ring (bicyclic) bond motifs is 1. The van der Waals surface area contributed by atoms with Crippen LogP contribution in [0.4, 0.5) is 11.4 Å². The second-order valence-electron chi connectivity index (χ2n) is 5.38. The van der Waals surface area contributed by atoms with Gasteiger partial charge in [-0.25, -0.2) is 4.98 Å². The average Bonchev–Trinajstić information content (AvgIpc) is 3.02. The predicted octanol–water partition coefficient (Wildman–Crippen LogP) is 4.35. The summed E-state index contributed by atoms with van der Waals surface area (Å²) in [6, 6.07) is 14.0. The number of hydrogen-bond donors (Lipinski definition) is 0. The molecule has 0 spiro atoms. The first-order chi connectivity index (χ1) is 12.0. The lowest BCUT2D eigenvalue weighted by Gasteiger charge is -2.20. The van der Waals surface area contributed by atoms with Gasteiger partial charge in [0.2, 0.25) is 5.91 Å². The minimum absolute atomic E-state index is 0.0264. The first kappa shape index (κ1) is 17.4. The summed E-state index contributed by atoms with van der Waals surface area (Å²) in [5.74, 6) is -0.0264. The van der Waals surface area contributed by atoms with Crippen molar-refractivity contribution in [1.82, 2.24) is 4.98 Å². The van der Waals surface area contributed by atoms with E-state index < -0.39 is 4.92 Å². The van der Waals surface area contributed by atoms with Crippen LogP contribution >= 0.6 is 23.1 Å². The van der Waals surface area contributed by atoms with E-state index in [-0.39, 0.29) is 16.8 Å². The molecule has 1 atom stereocenters. The van der Waals surface area contributed by atoms with Crippen LogP contribution in [0.5, 0.6) is 0 Å². The second kappa shape index (κ2) is 7.20. The van der Waals surface area contributed by atoms with Crippen LogP contribution in [0.3, 0.4) is 0 Å². The fraction of sp³-hybridized carbons (Fsp3) is 0.176. The minimum atomic E-state index is -0.424. The third kappa shape index (κ3) is 3.80. The molecule has 1 amide bonds. The van der Waals surface area contributed by atoms with Crippen LogP contribution < -0.4 is 4.90 Å². The molecule has 0 aliphatic carbocycles. The summed E-state index contributed by atoms with van der Waals surface area (Å²) in [5, 5.41) is 10.5. The van der Waals surface area contributed by atoms with Gasteiger partial charge in [0.15, 0.2) is 4.34 Å². The van der Waals surface area contributed by atoms with Gasteiger partial charge in [-0.2, -0.15) is 0 Å². The van der Waals surface area contributed by atoms with Crippen molar-refractivity contribution in [2.24, 2.45) is 0 Å². The lowest BCUT2D eigenvalue weighted by molar-refractivity contribution is -0.384. The molecule has 3 rings (SSSR count). The van der Waals surface area contributed by atoms with Crippen LogP contribution in [0.25, 0.3) is 10.2 Å². The Kier molecular flexibility index (Phi) is 5.00. The Bertz CT molecular complexity index is 927. The van der Waals surface area contributed by atoms with Crippen molar-refractivity contribution >= 4 is 50.6 Å². The number of anilines is 1. The number of non-ortho nitro benzene ring substituents is 1. The fourth-order valence-electron chi connectivity index (χ4n) is 2.31. The SMILES string of the molecule is C[C@@H](Sc1nc2ccc([N+](=O)[O-])cc2s1)C(=O)N(C)c1ccccc1. The van der Waals surface area contributed by atoms with Crippen LogP contribution in [0.2, 0.25) is 0 Å². The highest BCUT2D eigenvalue weighted by Crippen LogP contribution is 2.34. The van der Waals surface area contributed by atoms with Gasteiger partial charge in [0.25, 0.3) is 5.69 Å². The maximum Gasteiger partial charge on any atom is 0.270 e. The highest BCUT2D eigenvalue weighted by Gasteiger charge is 2.21. The molecule has 0 aliphatic rings. The summed E-state index contributed by atoms with van der Waals surface area (Å²) >= 11 is 2.72. The van der Waals surface area contributed by atoms with Crippen molar-refractivity contribution in [3.05, 3.63) is 58.6 Å². The molecule has 0 unspecified atom stereocenters. The number of nitrogens with zero attached hydrogens (tertiary/aromatic N) is 3. The second-order valence-corrected chi connectivity index (χ2v) is 8.00. The zero-order valence-corrected chi connectivity index (χ0v) is 15.2. The van der Waals surface area contributed by atoms with Crippen molar-refractivity contribution in [1.29, 1.82) is 0 Å². The number of rotatable bonds is 5. The number of carbonyl (C=O) groups excluding carboxylic acids is 1. The van der Waals surface area contributed by atoms with Crippen molar-refractivity contribution < 1.29 is 9.72 Å². The number of aromatic nitrogens is 1. The molecule has 1 heterocycles. The van der Waals surface area contributed by atoms with Gasteiger partial charge in [0.1, 0.15) is 0 Å². The first-order valence-electron chi connectivity index (χ1n) is 7.50. The average molecular weight is 373 g/mol. The molecule has 0 N–H and O–H groups in total. The number of amides is 1. The molecular formula is C17H15N3O3S2. The summed E-state index contributed by atoms with van der Waals surface area (Å²) in [4.78, 5) is 29.1. The van der Waals surface area contributed by atoms with Gasteiger partial charge in [-0.05, 0) is 25.1 Å². The van der Waals surface area contributed by atoms with E-state index in [9.17, 15) is 14.9 Å². The van der Waals surface area contributed by atoms with E-state index in [0.29, 0.717) is 5.52 Å². The van der Waals surface area contributed by atoms with Crippen LogP contribution in [-0.2, 0) is 4.79 Å². The Hall–Kier alpha value is -2.45. The number of nitro benzene ring substituents is 1. The number of thioether (sulfide) groups is 1. The van der Waals surface area contributed by atoms with Crippen LogP contribution in [0.1, 0.15) is 6.92 Å². The van der Waals surface area contributed by atoms with Gasteiger partial charge < -0.3 is 4.90 Å². The molecule has 8 heteroatoms. The summed E-state index contributed by atoms with van der Waals surface area (Å²) in [5.41, 5.74) is 1.58. The number of thiazole rings is 1. The van der Waals surface area contributed by atoms with Gasteiger partial charge in [-0.15, -0.1) is 11.3 Å². The maximum atomic E-state index is 12.6. The maximum absolute atomic E-state index is 12.6. The van der Waals surface area contributed by atoms with E-state index >= 15 is 0 Å². The minimum Gasteiger partial charge on any atom is -0.315 e. The van der Waals surface area contributed by atoms with E-state index in [4.69, 9.17) is 0 Å². The monoisotopic (exact) mass is 373 g/mol. The molecule has 0 bridgehead atoms. The van der Waals surface area contributed by atoms with Gasteiger partial charge >= 0.3 is 0 Å². The molecule has 3 aromatic rings. The zero-order valence-electron chi connectivity index (χ0n) is 13.6. The Morgan fingerprint density at radius 2 is 2.00 bits per heavy atom. The Morgan fingerprint density at radius 3 is 2.68 bits per heavy atom. The van der Waals surface area contributed by atoms with E-state index in [1.807, 2.05) is 37.3 Å². The highest BCUT2D eigenvalue weighted by molar-refractivity contribution is 8.02. The standard InChI is InChI=1S/C17H15N3O3S2/c1-11(16(21)19(2)12-6-4-3-5-7-12)24-17-18-14-9-8-13(20(22)23)10-15(14)25-17/h3-11H,1-2H3/t11-/m1/s1. The van der Waals surface area contributed by atoms with Gasteiger partial charge in [0.05, 0.1) is 20.4 Å². The van der Waals surface area contributed by atoms with E-state index in [1.54, 1.807) is 18.0 Å². The van der Waals surface area contributed by atoms with Gasteiger partial charge in [0, 0.05) is 24.9 Å². The van der Waals surface area contributed by atoms with E-state index in [1.165, 1.54) is 35.2 Å². The zero-order chi connectivity index (χ0) is 18.0. The van der Waals surface area contributed by atoms with Crippen molar-refractivity contribution in [3.63, 3.8) is 0 Å². The molecule has 128 valence electrons. The van der Waals surface area contributed by atoms with Crippen molar-refractivity contribution in [3.8, 4) is 0 Å². The number of hydrogen-bond acceptors (Lipinski definition) is 6. The predicted molar refractivity (Wildman–Crippen MR) is 101 cm³/mol. The quantitative estimate of drug-likeness (QED) is 0.377. The molecule has 6 nitrogen and oxygen atoms in total. The Labute approximate surface area is 152 Å². The molecule has 1 aromatic heterocycles. The van der Waals surface area contributed by atoms with Gasteiger partial charge in [-0.1, -0.05) is 30.0 Å². The van der Waals surface area contributed by atoms with E-state index in [0.717, 1.165) is 14.7 Å². The van der Waals surface area contributed by atoms with Crippen molar-refractivity contribution in [2.45, 2.75) is 16.5 Å². The first-order valence-corrected chi connectivity index (χ1v) is 9.19. The molecule has 0 radical (unpaired) electrons. The summed E-state index contributed by atoms with van der Waals surface area (Å²) < 4.78 is 1.46. The number of nitro groups is 1. The molecule has 0 aliphatic heterocycles. The van der Waals surface area contributed by atoms with Crippen LogP contribution in [0.15, 0.2) is 52.9 Å². The molecule has 2 aromatic carbocycles. The fourth-order valence-corrected chi connectivity index (χ4v) is 4.65. The number of benzene rings is 2. The molecule has 25 heavy (non-hydrogen) atoms. The third-order valence-electron chi connectivity index (χ3n) is 3.66. The van der Waals surface area contributed by atoms with E-state index in [2.05, 4.69) is 4.98 Å². The molecular weight excluding hydrogens is 358 g/mol. The third-order valence-corrected chi connectivity index (χ3v) is 5.86. The lowest BCUT2D eigenvalue weighted by Crippen LogP contribution is -2.33. The summed E-state index contributed by atoms with van der Waals surface area (Å²) in [6.07, 6.45) is 0. The largest absolute Gasteiger partial charge is 0.315 e. The highest BCUT2D eigenvalue weighted by atomic mass is 32.2.